The Morgan fingerprint density at radius 2 is 2.18 bits per heavy atom. The number of hydrogen-bond acceptors (Lipinski definition) is 3. The molecule has 5 nitrogen and oxygen atoms in total. The minimum atomic E-state index is -1.19. The number of carbonyl (C=O) groups excluding carboxylic acids is 1. The maximum Gasteiger partial charge on any atom is 0.224 e. The Morgan fingerprint density at radius 1 is 1.45 bits per heavy atom. The lowest BCUT2D eigenvalue weighted by Crippen LogP contribution is -2.39. The van der Waals surface area contributed by atoms with Crippen LogP contribution in [0.2, 0.25) is 10.0 Å². The summed E-state index contributed by atoms with van der Waals surface area (Å²) in [5.74, 6) is -0.228. The Balaban J connectivity index is 1.95. The van der Waals surface area contributed by atoms with Crippen molar-refractivity contribution in [1.29, 1.82) is 0 Å². The van der Waals surface area contributed by atoms with Gasteiger partial charge in [-0.05, 0) is 24.6 Å². The second-order valence-corrected chi connectivity index (χ2v) is 6.21. The van der Waals surface area contributed by atoms with E-state index in [0.29, 0.717) is 21.2 Å². The average Bonchev–Trinajstić information content (AvgIpc) is 2.87. The van der Waals surface area contributed by atoms with Crippen LogP contribution in [-0.4, -0.2) is 27.3 Å². The molecule has 118 valence electrons. The molecule has 1 heterocycles. The fourth-order valence-electron chi connectivity index (χ4n) is 1.97. The van der Waals surface area contributed by atoms with Gasteiger partial charge >= 0.3 is 0 Å². The second kappa shape index (κ2) is 6.69. The zero-order valence-corrected chi connectivity index (χ0v) is 13.8. The van der Waals surface area contributed by atoms with Gasteiger partial charge < -0.3 is 10.4 Å². The predicted molar refractivity (Wildman–Crippen MR) is 86.0 cm³/mol. The number of rotatable bonds is 5. The van der Waals surface area contributed by atoms with Crippen LogP contribution in [0, 0.1) is 0 Å². The molecule has 1 unspecified atom stereocenters. The summed E-state index contributed by atoms with van der Waals surface area (Å²) >= 11 is 11.9. The summed E-state index contributed by atoms with van der Waals surface area (Å²) in [6.45, 7) is 1.71. The molecule has 0 bridgehead atoms. The standard InChI is InChI=1S/C15H17Cl2N3O2/c1-15(22,11-7-19-20(2)8-11)9-18-14(21)5-10-3-4-12(16)6-13(10)17/h3-4,6-8,22H,5,9H2,1-2H3,(H,18,21). The Hall–Kier alpha value is -1.56. The molecule has 7 heteroatoms. The van der Waals surface area contributed by atoms with E-state index in [1.165, 1.54) is 0 Å². The molecule has 0 saturated carbocycles. The maximum atomic E-state index is 12.0. The Morgan fingerprint density at radius 3 is 2.77 bits per heavy atom. The van der Waals surface area contributed by atoms with Gasteiger partial charge in [0.15, 0.2) is 0 Å². The van der Waals surface area contributed by atoms with Gasteiger partial charge in [-0.2, -0.15) is 5.10 Å². The van der Waals surface area contributed by atoms with Gasteiger partial charge in [0.25, 0.3) is 0 Å². The molecular weight excluding hydrogens is 325 g/mol. The SMILES string of the molecule is Cn1cc(C(C)(O)CNC(=O)Cc2ccc(Cl)cc2Cl)cn1. The molecule has 1 amide bonds. The number of amides is 1. The molecule has 0 aliphatic heterocycles. The number of nitrogens with zero attached hydrogens (tertiary/aromatic N) is 2. The molecule has 2 rings (SSSR count). The first kappa shape index (κ1) is 16.8. The highest BCUT2D eigenvalue weighted by atomic mass is 35.5. The van der Waals surface area contributed by atoms with E-state index in [2.05, 4.69) is 10.4 Å². The van der Waals surface area contributed by atoms with E-state index in [-0.39, 0.29) is 18.9 Å². The van der Waals surface area contributed by atoms with Crippen molar-refractivity contribution in [2.75, 3.05) is 6.54 Å². The summed E-state index contributed by atoms with van der Waals surface area (Å²) in [6, 6.07) is 4.99. The third-order valence-electron chi connectivity index (χ3n) is 3.32. The molecular formula is C15H17Cl2N3O2. The van der Waals surface area contributed by atoms with Crippen molar-refractivity contribution in [3.05, 3.63) is 51.8 Å². The Bertz CT molecular complexity index is 683. The van der Waals surface area contributed by atoms with E-state index in [1.54, 1.807) is 49.2 Å². The number of nitrogens with one attached hydrogen (secondary N) is 1. The van der Waals surface area contributed by atoms with E-state index in [0.717, 1.165) is 0 Å². The van der Waals surface area contributed by atoms with Crippen molar-refractivity contribution >= 4 is 29.1 Å². The molecule has 0 fully saturated rings. The summed E-state index contributed by atoms with van der Waals surface area (Å²) in [4.78, 5) is 12.0. The van der Waals surface area contributed by atoms with Crippen LogP contribution in [0.3, 0.4) is 0 Å². The Labute approximate surface area is 138 Å². The zero-order chi connectivity index (χ0) is 16.3. The highest BCUT2D eigenvalue weighted by Crippen LogP contribution is 2.22. The minimum Gasteiger partial charge on any atom is -0.383 e. The molecule has 0 spiro atoms. The van der Waals surface area contributed by atoms with Crippen LogP contribution >= 0.6 is 23.2 Å². The highest BCUT2D eigenvalue weighted by molar-refractivity contribution is 6.35. The molecule has 22 heavy (non-hydrogen) atoms. The van der Waals surface area contributed by atoms with E-state index < -0.39 is 5.60 Å². The topological polar surface area (TPSA) is 67.2 Å². The van der Waals surface area contributed by atoms with Crippen LogP contribution < -0.4 is 5.32 Å². The van der Waals surface area contributed by atoms with Crippen molar-refractivity contribution in [1.82, 2.24) is 15.1 Å². The van der Waals surface area contributed by atoms with Crippen molar-refractivity contribution in [2.45, 2.75) is 18.9 Å². The Kier molecular flexibility index (Phi) is 5.11. The molecule has 2 aromatic rings. The van der Waals surface area contributed by atoms with Crippen molar-refractivity contribution in [3.8, 4) is 0 Å². The van der Waals surface area contributed by atoms with Crippen molar-refractivity contribution in [3.63, 3.8) is 0 Å². The highest BCUT2D eigenvalue weighted by Gasteiger charge is 2.25. The monoisotopic (exact) mass is 341 g/mol. The fraction of sp³-hybridized carbons (Fsp3) is 0.333. The predicted octanol–water partition coefficient (Wildman–Crippen LogP) is 2.29. The molecule has 0 radical (unpaired) electrons. The molecule has 0 aliphatic carbocycles. The number of carbonyl (C=O) groups is 1. The first-order chi connectivity index (χ1) is 10.3. The largest absolute Gasteiger partial charge is 0.383 e. The quantitative estimate of drug-likeness (QED) is 0.876. The van der Waals surface area contributed by atoms with Gasteiger partial charge in [0.1, 0.15) is 5.60 Å². The van der Waals surface area contributed by atoms with E-state index in [4.69, 9.17) is 23.2 Å². The summed E-state index contributed by atoms with van der Waals surface area (Å²) in [6.07, 6.45) is 3.41. The van der Waals surface area contributed by atoms with E-state index in [9.17, 15) is 9.90 Å². The fourth-order valence-corrected chi connectivity index (χ4v) is 2.45. The second-order valence-electron chi connectivity index (χ2n) is 5.37. The van der Waals surface area contributed by atoms with Gasteiger partial charge in [0, 0.05) is 28.9 Å². The third-order valence-corrected chi connectivity index (χ3v) is 3.91. The maximum absolute atomic E-state index is 12.0. The molecule has 2 N–H and O–H groups in total. The van der Waals surface area contributed by atoms with Crippen molar-refractivity contribution in [2.24, 2.45) is 7.05 Å². The van der Waals surface area contributed by atoms with Gasteiger partial charge in [-0.25, -0.2) is 0 Å². The van der Waals surface area contributed by atoms with Gasteiger partial charge in [-0.3, -0.25) is 9.48 Å². The summed E-state index contributed by atoms with van der Waals surface area (Å²) < 4.78 is 1.60. The number of hydrogen-bond donors (Lipinski definition) is 2. The van der Waals surface area contributed by atoms with Crippen LogP contribution in [-0.2, 0) is 23.9 Å². The van der Waals surface area contributed by atoms with E-state index in [1.807, 2.05) is 0 Å². The van der Waals surface area contributed by atoms with Crippen LogP contribution in [0.4, 0.5) is 0 Å². The number of benzene rings is 1. The molecule has 1 aromatic carbocycles. The zero-order valence-electron chi connectivity index (χ0n) is 12.3. The van der Waals surface area contributed by atoms with Crippen LogP contribution in [0.25, 0.3) is 0 Å². The number of aliphatic hydroxyl groups is 1. The normalized spacial score (nSPS) is 13.7. The minimum absolute atomic E-state index is 0.0860. The summed E-state index contributed by atoms with van der Waals surface area (Å²) in [5.41, 5.74) is 0.137. The van der Waals surface area contributed by atoms with Gasteiger partial charge in [0.05, 0.1) is 19.2 Å². The average molecular weight is 342 g/mol. The lowest BCUT2D eigenvalue weighted by atomic mass is 9.99. The lowest BCUT2D eigenvalue weighted by molar-refractivity contribution is -0.121. The van der Waals surface area contributed by atoms with Gasteiger partial charge in [0.2, 0.25) is 5.91 Å². The smallest absolute Gasteiger partial charge is 0.224 e. The van der Waals surface area contributed by atoms with Gasteiger partial charge in [-0.1, -0.05) is 29.3 Å². The number of aryl methyl sites for hydroxylation is 1. The first-order valence-electron chi connectivity index (χ1n) is 6.70. The van der Waals surface area contributed by atoms with Crippen LogP contribution in [0.1, 0.15) is 18.1 Å². The van der Waals surface area contributed by atoms with Crippen LogP contribution in [0.5, 0.6) is 0 Å². The summed E-state index contributed by atoms with van der Waals surface area (Å²) in [5, 5.41) is 18.1. The lowest BCUT2D eigenvalue weighted by Gasteiger charge is -2.22. The molecule has 1 atom stereocenters. The molecule has 1 aromatic heterocycles. The third kappa shape index (κ3) is 4.22. The van der Waals surface area contributed by atoms with Gasteiger partial charge in [-0.15, -0.1) is 0 Å². The molecule has 0 saturated heterocycles. The number of halogens is 2. The van der Waals surface area contributed by atoms with Crippen LogP contribution in [0.15, 0.2) is 30.6 Å². The number of aromatic nitrogens is 2. The van der Waals surface area contributed by atoms with Crippen molar-refractivity contribution < 1.29 is 9.90 Å². The first-order valence-corrected chi connectivity index (χ1v) is 7.45. The van der Waals surface area contributed by atoms with E-state index >= 15 is 0 Å². The summed E-state index contributed by atoms with van der Waals surface area (Å²) in [7, 11) is 1.76. The molecule has 0 aliphatic rings.